The quantitative estimate of drug-likeness (QED) is 0.784. The number of rotatable bonds is 6. The van der Waals surface area contributed by atoms with E-state index in [0.717, 1.165) is 48.4 Å². The summed E-state index contributed by atoms with van der Waals surface area (Å²) in [5.41, 5.74) is 9.98. The van der Waals surface area contributed by atoms with E-state index in [2.05, 4.69) is 31.0 Å². The van der Waals surface area contributed by atoms with Crippen molar-refractivity contribution in [3.63, 3.8) is 0 Å². The molecule has 1 aromatic carbocycles. The first-order chi connectivity index (χ1) is 9.56. The summed E-state index contributed by atoms with van der Waals surface area (Å²) >= 11 is 0. The Morgan fingerprint density at radius 1 is 1.40 bits per heavy atom. The van der Waals surface area contributed by atoms with Gasteiger partial charge in [0.1, 0.15) is 0 Å². The minimum atomic E-state index is 0.0557. The lowest BCUT2D eigenvalue weighted by molar-refractivity contribution is -0.115. The zero-order valence-corrected chi connectivity index (χ0v) is 12.7. The number of benzene rings is 1. The first kappa shape index (κ1) is 14.7. The van der Waals surface area contributed by atoms with E-state index in [1.807, 2.05) is 12.1 Å². The van der Waals surface area contributed by atoms with Crippen molar-refractivity contribution < 1.29 is 4.79 Å². The Kier molecular flexibility index (Phi) is 4.53. The number of unbranched alkanes of at least 4 members (excludes halogenated alkanes) is 1. The molecule has 4 nitrogen and oxygen atoms in total. The molecule has 0 bridgehead atoms. The van der Waals surface area contributed by atoms with Gasteiger partial charge in [-0.05, 0) is 37.5 Å². The number of carbonyl (C=O) groups is 1. The van der Waals surface area contributed by atoms with Crippen molar-refractivity contribution in [1.82, 2.24) is 0 Å². The van der Waals surface area contributed by atoms with Gasteiger partial charge < -0.3 is 16.0 Å². The summed E-state index contributed by atoms with van der Waals surface area (Å²) in [6.07, 6.45) is 3.83. The molecule has 1 heterocycles. The molecule has 20 heavy (non-hydrogen) atoms. The fourth-order valence-electron chi connectivity index (χ4n) is 2.66. The molecule has 1 atom stereocenters. The molecular weight excluding hydrogens is 250 g/mol. The van der Waals surface area contributed by atoms with Gasteiger partial charge in [-0.1, -0.05) is 20.3 Å². The SMILES string of the molecule is CCCCN(c1cc2c(cc1N)CC(=O)N2)C(C)CC. The van der Waals surface area contributed by atoms with E-state index >= 15 is 0 Å². The van der Waals surface area contributed by atoms with E-state index in [0.29, 0.717) is 12.5 Å². The maximum Gasteiger partial charge on any atom is 0.228 e. The van der Waals surface area contributed by atoms with E-state index in [1.165, 1.54) is 0 Å². The van der Waals surface area contributed by atoms with Crippen LogP contribution in [0.1, 0.15) is 45.6 Å². The predicted octanol–water partition coefficient (Wildman–Crippen LogP) is 3.17. The van der Waals surface area contributed by atoms with Crippen LogP contribution in [0.3, 0.4) is 0 Å². The molecule has 110 valence electrons. The van der Waals surface area contributed by atoms with Gasteiger partial charge in [-0.2, -0.15) is 0 Å². The summed E-state index contributed by atoms with van der Waals surface area (Å²) in [4.78, 5) is 13.9. The zero-order valence-electron chi connectivity index (χ0n) is 12.7. The second kappa shape index (κ2) is 6.16. The molecular formula is C16H25N3O. The molecule has 1 aromatic rings. The second-order valence-electron chi connectivity index (χ2n) is 5.60. The monoisotopic (exact) mass is 275 g/mol. The number of hydrogen-bond acceptors (Lipinski definition) is 3. The molecule has 1 aliphatic rings. The molecule has 1 aliphatic heterocycles. The maximum absolute atomic E-state index is 11.5. The number of nitrogens with one attached hydrogen (secondary N) is 1. The van der Waals surface area contributed by atoms with Crippen LogP contribution in [0, 0.1) is 0 Å². The van der Waals surface area contributed by atoms with Gasteiger partial charge in [0.15, 0.2) is 0 Å². The van der Waals surface area contributed by atoms with Crippen molar-refractivity contribution in [2.75, 3.05) is 22.5 Å². The molecule has 0 aliphatic carbocycles. The third-order valence-corrected chi connectivity index (χ3v) is 4.06. The molecule has 3 N–H and O–H groups in total. The first-order valence-electron chi connectivity index (χ1n) is 7.55. The van der Waals surface area contributed by atoms with Crippen molar-refractivity contribution >= 4 is 23.0 Å². The Morgan fingerprint density at radius 3 is 2.80 bits per heavy atom. The third-order valence-electron chi connectivity index (χ3n) is 4.06. The molecule has 0 aromatic heterocycles. The number of fused-ring (bicyclic) bond motifs is 1. The molecule has 0 radical (unpaired) electrons. The van der Waals surface area contributed by atoms with Gasteiger partial charge in [-0.25, -0.2) is 0 Å². The standard InChI is InChI=1S/C16H25N3O/c1-4-6-7-19(11(3)5-2)15-10-14-12(8-13(15)17)9-16(20)18-14/h8,10-11H,4-7,9,17H2,1-3H3,(H,18,20). The van der Waals surface area contributed by atoms with Gasteiger partial charge in [-0.15, -0.1) is 0 Å². The highest BCUT2D eigenvalue weighted by atomic mass is 16.1. The molecule has 2 rings (SSSR count). The Morgan fingerprint density at radius 2 is 2.15 bits per heavy atom. The fraction of sp³-hybridized carbons (Fsp3) is 0.562. The minimum absolute atomic E-state index is 0.0557. The number of nitrogens with two attached hydrogens (primary N) is 1. The van der Waals surface area contributed by atoms with Gasteiger partial charge in [0, 0.05) is 18.3 Å². The molecule has 4 heteroatoms. The average molecular weight is 275 g/mol. The minimum Gasteiger partial charge on any atom is -0.397 e. The summed E-state index contributed by atoms with van der Waals surface area (Å²) in [6, 6.07) is 4.43. The maximum atomic E-state index is 11.5. The Bertz CT molecular complexity index is 499. The lowest BCUT2D eigenvalue weighted by Gasteiger charge is -2.32. The molecule has 1 unspecified atom stereocenters. The third kappa shape index (κ3) is 2.89. The van der Waals surface area contributed by atoms with E-state index in [9.17, 15) is 4.79 Å². The summed E-state index contributed by atoms with van der Waals surface area (Å²) in [5, 5.41) is 2.91. The highest BCUT2D eigenvalue weighted by molar-refractivity contribution is 6.00. The highest BCUT2D eigenvalue weighted by Crippen LogP contribution is 2.35. The van der Waals surface area contributed by atoms with Gasteiger partial charge >= 0.3 is 0 Å². The molecule has 0 spiro atoms. The van der Waals surface area contributed by atoms with Crippen LogP contribution in [0.15, 0.2) is 12.1 Å². The van der Waals surface area contributed by atoms with E-state index < -0.39 is 0 Å². The number of nitrogen functional groups attached to an aromatic ring is 1. The van der Waals surface area contributed by atoms with Crippen molar-refractivity contribution in [2.24, 2.45) is 0 Å². The summed E-state index contributed by atoms with van der Waals surface area (Å²) < 4.78 is 0. The van der Waals surface area contributed by atoms with E-state index in [-0.39, 0.29) is 5.91 Å². The summed E-state index contributed by atoms with van der Waals surface area (Å²) in [7, 11) is 0. The lowest BCUT2D eigenvalue weighted by Crippen LogP contribution is -2.34. The van der Waals surface area contributed by atoms with Crippen LogP contribution in [0.25, 0.3) is 0 Å². The Balaban J connectivity index is 2.33. The fourth-order valence-corrected chi connectivity index (χ4v) is 2.66. The number of carbonyl (C=O) groups excluding carboxylic acids is 1. The zero-order chi connectivity index (χ0) is 14.7. The van der Waals surface area contributed by atoms with Gasteiger partial charge in [-0.3, -0.25) is 4.79 Å². The molecule has 0 saturated heterocycles. The van der Waals surface area contributed by atoms with Crippen molar-refractivity contribution in [3.8, 4) is 0 Å². The second-order valence-corrected chi connectivity index (χ2v) is 5.60. The molecule has 0 saturated carbocycles. The van der Waals surface area contributed by atoms with Crippen LogP contribution in [0.2, 0.25) is 0 Å². The van der Waals surface area contributed by atoms with Crippen LogP contribution >= 0.6 is 0 Å². The van der Waals surface area contributed by atoms with Gasteiger partial charge in [0.05, 0.1) is 17.8 Å². The Hall–Kier alpha value is -1.71. The smallest absolute Gasteiger partial charge is 0.228 e. The van der Waals surface area contributed by atoms with Crippen LogP contribution in [0.4, 0.5) is 17.1 Å². The summed E-state index contributed by atoms with van der Waals surface area (Å²) in [6.45, 7) is 7.61. The van der Waals surface area contributed by atoms with Crippen LogP contribution in [-0.4, -0.2) is 18.5 Å². The molecule has 1 amide bonds. The average Bonchev–Trinajstić information content (AvgIpc) is 2.77. The number of hydrogen-bond donors (Lipinski definition) is 2. The van der Waals surface area contributed by atoms with E-state index in [4.69, 9.17) is 5.73 Å². The van der Waals surface area contributed by atoms with Gasteiger partial charge in [0.25, 0.3) is 0 Å². The van der Waals surface area contributed by atoms with E-state index in [1.54, 1.807) is 0 Å². The molecule has 0 fully saturated rings. The topological polar surface area (TPSA) is 58.4 Å². The number of nitrogens with zero attached hydrogens (tertiary/aromatic N) is 1. The highest BCUT2D eigenvalue weighted by Gasteiger charge is 2.22. The predicted molar refractivity (Wildman–Crippen MR) is 85.2 cm³/mol. The first-order valence-corrected chi connectivity index (χ1v) is 7.55. The van der Waals surface area contributed by atoms with Crippen LogP contribution < -0.4 is 16.0 Å². The Labute approximate surface area is 121 Å². The normalized spacial score (nSPS) is 14.8. The lowest BCUT2D eigenvalue weighted by atomic mass is 10.1. The number of anilines is 3. The summed E-state index contributed by atoms with van der Waals surface area (Å²) in [5.74, 6) is 0.0557. The van der Waals surface area contributed by atoms with Crippen molar-refractivity contribution in [1.29, 1.82) is 0 Å². The largest absolute Gasteiger partial charge is 0.397 e. The van der Waals surface area contributed by atoms with Gasteiger partial charge in [0.2, 0.25) is 5.91 Å². The number of amides is 1. The van der Waals surface area contributed by atoms with Crippen LogP contribution in [0.5, 0.6) is 0 Å². The van der Waals surface area contributed by atoms with Crippen LogP contribution in [-0.2, 0) is 11.2 Å². The van der Waals surface area contributed by atoms with Crippen molar-refractivity contribution in [3.05, 3.63) is 17.7 Å². The van der Waals surface area contributed by atoms with Crippen molar-refractivity contribution in [2.45, 2.75) is 52.5 Å².